The van der Waals surface area contributed by atoms with Crippen molar-refractivity contribution in [3.63, 3.8) is 0 Å². The molecule has 25 heavy (non-hydrogen) atoms. The van der Waals surface area contributed by atoms with E-state index in [0.717, 1.165) is 22.3 Å². The van der Waals surface area contributed by atoms with Crippen molar-refractivity contribution in [2.45, 2.75) is 32.6 Å². The van der Waals surface area contributed by atoms with E-state index in [-0.39, 0.29) is 24.9 Å². The Labute approximate surface area is 157 Å². The molecular formula is C17H28ClN3O3S. The van der Waals surface area contributed by atoms with Crippen LogP contribution < -0.4 is 5.32 Å². The fourth-order valence-electron chi connectivity index (χ4n) is 3.14. The number of benzene rings is 1. The second-order valence-electron chi connectivity index (χ2n) is 6.40. The van der Waals surface area contributed by atoms with Gasteiger partial charge in [0, 0.05) is 26.2 Å². The molecule has 1 aromatic carbocycles. The van der Waals surface area contributed by atoms with Crippen LogP contribution in [0, 0.1) is 27.7 Å². The Morgan fingerprint density at radius 1 is 1.04 bits per heavy atom. The summed E-state index contributed by atoms with van der Waals surface area (Å²) in [6.07, 6.45) is 0. The average molecular weight is 390 g/mol. The zero-order valence-electron chi connectivity index (χ0n) is 15.5. The first-order chi connectivity index (χ1) is 11.2. The molecule has 0 aliphatic carbocycles. The van der Waals surface area contributed by atoms with E-state index in [9.17, 15) is 13.2 Å². The van der Waals surface area contributed by atoms with Gasteiger partial charge in [0.1, 0.15) is 0 Å². The molecule has 1 aliphatic heterocycles. The van der Waals surface area contributed by atoms with E-state index in [1.54, 1.807) is 11.9 Å². The molecule has 2 rings (SSSR count). The number of aryl methyl sites for hydroxylation is 2. The Hall–Kier alpha value is -1.15. The molecule has 6 nitrogen and oxygen atoms in total. The minimum atomic E-state index is -3.55. The van der Waals surface area contributed by atoms with E-state index in [4.69, 9.17) is 0 Å². The molecular weight excluding hydrogens is 362 g/mol. The monoisotopic (exact) mass is 389 g/mol. The Balaban J connectivity index is 0.00000312. The molecule has 1 amide bonds. The number of carbonyl (C=O) groups is 1. The third kappa shape index (κ3) is 4.34. The van der Waals surface area contributed by atoms with Gasteiger partial charge in [0.25, 0.3) is 0 Å². The summed E-state index contributed by atoms with van der Waals surface area (Å²) in [4.78, 5) is 14.1. The molecule has 0 spiro atoms. The molecule has 0 saturated carbocycles. The highest BCUT2D eigenvalue weighted by atomic mass is 35.5. The number of sulfonamides is 1. The second-order valence-corrected chi connectivity index (χ2v) is 8.28. The number of nitrogens with one attached hydrogen (secondary N) is 1. The number of nitrogens with zero attached hydrogens (tertiary/aromatic N) is 2. The van der Waals surface area contributed by atoms with Crippen LogP contribution in [-0.2, 0) is 14.8 Å². The van der Waals surface area contributed by atoms with Crippen molar-refractivity contribution in [3.8, 4) is 0 Å². The van der Waals surface area contributed by atoms with E-state index in [2.05, 4.69) is 5.32 Å². The molecule has 0 bridgehead atoms. The van der Waals surface area contributed by atoms with Gasteiger partial charge in [-0.1, -0.05) is 6.07 Å². The van der Waals surface area contributed by atoms with E-state index in [0.29, 0.717) is 31.1 Å². The van der Waals surface area contributed by atoms with Gasteiger partial charge in [-0.25, -0.2) is 8.42 Å². The van der Waals surface area contributed by atoms with Crippen molar-refractivity contribution >= 4 is 28.3 Å². The SMILES string of the molecule is CNCC(=O)N1CCN(S(=O)(=O)c2c(C)c(C)cc(C)c2C)CC1.Cl. The maximum atomic E-state index is 13.1. The van der Waals surface area contributed by atoms with Gasteiger partial charge in [-0.05, 0) is 57.0 Å². The number of hydrogen-bond donors (Lipinski definition) is 1. The quantitative estimate of drug-likeness (QED) is 0.844. The highest BCUT2D eigenvalue weighted by molar-refractivity contribution is 7.89. The van der Waals surface area contributed by atoms with Crippen LogP contribution in [0.1, 0.15) is 22.3 Å². The van der Waals surface area contributed by atoms with Crippen molar-refractivity contribution in [1.29, 1.82) is 0 Å². The molecule has 8 heteroatoms. The van der Waals surface area contributed by atoms with E-state index in [1.165, 1.54) is 4.31 Å². The lowest BCUT2D eigenvalue weighted by Crippen LogP contribution is -2.52. The number of likely N-dealkylation sites (N-methyl/N-ethyl adjacent to an activating group) is 1. The largest absolute Gasteiger partial charge is 0.339 e. The van der Waals surface area contributed by atoms with Crippen LogP contribution in [-0.4, -0.2) is 63.3 Å². The Morgan fingerprint density at radius 2 is 1.52 bits per heavy atom. The maximum Gasteiger partial charge on any atom is 0.243 e. The number of amides is 1. The van der Waals surface area contributed by atoms with Crippen molar-refractivity contribution in [1.82, 2.24) is 14.5 Å². The molecule has 1 aromatic rings. The molecule has 0 unspecified atom stereocenters. The summed E-state index contributed by atoms with van der Waals surface area (Å²) < 4.78 is 27.8. The Kier molecular flexibility index (Phi) is 7.43. The number of carbonyl (C=O) groups excluding carboxylic acids is 1. The molecule has 0 aromatic heterocycles. The highest BCUT2D eigenvalue weighted by Gasteiger charge is 2.32. The lowest BCUT2D eigenvalue weighted by Gasteiger charge is -2.34. The topological polar surface area (TPSA) is 69.7 Å². The molecule has 1 aliphatic rings. The van der Waals surface area contributed by atoms with Gasteiger partial charge in [-0.15, -0.1) is 12.4 Å². The van der Waals surface area contributed by atoms with Crippen LogP contribution in [0.25, 0.3) is 0 Å². The summed E-state index contributed by atoms with van der Waals surface area (Å²) >= 11 is 0. The zero-order valence-corrected chi connectivity index (χ0v) is 17.2. The smallest absolute Gasteiger partial charge is 0.243 e. The van der Waals surface area contributed by atoms with Crippen molar-refractivity contribution in [2.75, 3.05) is 39.8 Å². The summed E-state index contributed by atoms with van der Waals surface area (Å²) in [5.74, 6) is 0.00769. The maximum absolute atomic E-state index is 13.1. The number of piperazine rings is 1. The standard InChI is InChI=1S/C17H27N3O3S.ClH/c1-12-10-13(2)15(4)17(14(12)3)24(22,23)20-8-6-19(7-9-20)16(21)11-18-5;/h10,18H,6-9,11H2,1-5H3;1H. The third-order valence-corrected chi connectivity index (χ3v) is 6.99. The molecule has 142 valence electrons. The van der Waals surface area contributed by atoms with Gasteiger partial charge in [0.15, 0.2) is 0 Å². The normalized spacial score (nSPS) is 15.8. The van der Waals surface area contributed by atoms with E-state index >= 15 is 0 Å². The third-order valence-electron chi connectivity index (χ3n) is 4.81. The van der Waals surface area contributed by atoms with Crippen LogP contribution in [0.15, 0.2) is 11.0 Å². The summed E-state index contributed by atoms with van der Waals surface area (Å²) in [5.41, 5.74) is 3.59. The average Bonchev–Trinajstić information content (AvgIpc) is 2.53. The summed E-state index contributed by atoms with van der Waals surface area (Å²) in [6, 6.07) is 2.03. The van der Waals surface area contributed by atoms with Gasteiger partial charge in [0.2, 0.25) is 15.9 Å². The minimum Gasteiger partial charge on any atom is -0.339 e. The molecule has 1 N–H and O–H groups in total. The lowest BCUT2D eigenvalue weighted by molar-refractivity contribution is -0.131. The van der Waals surface area contributed by atoms with Crippen LogP contribution in [0.4, 0.5) is 0 Å². The molecule has 1 heterocycles. The van der Waals surface area contributed by atoms with Crippen LogP contribution in [0.3, 0.4) is 0 Å². The van der Waals surface area contributed by atoms with Crippen LogP contribution >= 0.6 is 12.4 Å². The molecule has 1 saturated heterocycles. The number of halogens is 1. The summed E-state index contributed by atoms with van der Waals surface area (Å²) in [5, 5.41) is 2.84. The first kappa shape index (κ1) is 21.9. The van der Waals surface area contributed by atoms with Gasteiger partial charge in [0.05, 0.1) is 11.4 Å². The zero-order chi connectivity index (χ0) is 18.1. The lowest BCUT2D eigenvalue weighted by atomic mass is 10.0. The number of rotatable bonds is 4. The Bertz CT molecular complexity index is 716. The van der Waals surface area contributed by atoms with Gasteiger partial charge >= 0.3 is 0 Å². The van der Waals surface area contributed by atoms with Crippen LogP contribution in [0.5, 0.6) is 0 Å². The highest BCUT2D eigenvalue weighted by Crippen LogP contribution is 2.29. The minimum absolute atomic E-state index is 0. The molecule has 1 fully saturated rings. The summed E-state index contributed by atoms with van der Waals surface area (Å²) in [6.45, 7) is 9.42. The second kappa shape index (κ2) is 8.49. The van der Waals surface area contributed by atoms with Gasteiger partial charge < -0.3 is 10.2 Å². The fourth-order valence-corrected chi connectivity index (χ4v) is 5.14. The molecule has 0 radical (unpaired) electrons. The van der Waals surface area contributed by atoms with E-state index < -0.39 is 10.0 Å². The fraction of sp³-hybridized carbons (Fsp3) is 0.588. The predicted molar refractivity (Wildman–Crippen MR) is 102 cm³/mol. The molecule has 0 atom stereocenters. The van der Waals surface area contributed by atoms with Crippen molar-refractivity contribution < 1.29 is 13.2 Å². The Morgan fingerprint density at radius 3 is 1.96 bits per heavy atom. The predicted octanol–water partition coefficient (Wildman–Crippen LogP) is 1.39. The van der Waals surface area contributed by atoms with Gasteiger partial charge in [-0.3, -0.25) is 4.79 Å². The van der Waals surface area contributed by atoms with Crippen molar-refractivity contribution in [3.05, 3.63) is 28.3 Å². The summed E-state index contributed by atoms with van der Waals surface area (Å²) in [7, 11) is -1.82. The first-order valence-electron chi connectivity index (χ1n) is 8.20. The van der Waals surface area contributed by atoms with Crippen molar-refractivity contribution in [2.24, 2.45) is 0 Å². The first-order valence-corrected chi connectivity index (χ1v) is 9.64. The van der Waals surface area contributed by atoms with Crippen LogP contribution in [0.2, 0.25) is 0 Å². The van der Waals surface area contributed by atoms with Gasteiger partial charge in [-0.2, -0.15) is 4.31 Å². The van der Waals surface area contributed by atoms with E-state index in [1.807, 2.05) is 33.8 Å². The number of hydrogen-bond acceptors (Lipinski definition) is 4.